The van der Waals surface area contributed by atoms with Gasteiger partial charge in [0.05, 0.1) is 13.2 Å². The van der Waals surface area contributed by atoms with Gasteiger partial charge >= 0.3 is 0 Å². The lowest BCUT2D eigenvalue weighted by Crippen LogP contribution is -2.37. The molecule has 0 aliphatic carbocycles. The van der Waals surface area contributed by atoms with Gasteiger partial charge in [-0.1, -0.05) is 34.1 Å². The topological polar surface area (TPSA) is 21.7 Å². The van der Waals surface area contributed by atoms with E-state index in [4.69, 9.17) is 9.47 Å². The average molecular weight is 326 g/mol. The third-order valence-electron chi connectivity index (χ3n) is 4.02. The van der Waals surface area contributed by atoms with Gasteiger partial charge in [-0.2, -0.15) is 0 Å². The van der Waals surface area contributed by atoms with Crippen molar-refractivity contribution in [2.45, 2.75) is 25.7 Å². The van der Waals surface area contributed by atoms with Crippen molar-refractivity contribution in [2.24, 2.45) is 5.92 Å². The molecule has 2 fully saturated rings. The maximum Gasteiger partial charge on any atom is 0.160 e. The smallest absolute Gasteiger partial charge is 0.160 e. The van der Waals surface area contributed by atoms with E-state index in [9.17, 15) is 0 Å². The third kappa shape index (κ3) is 3.37. The number of ether oxygens (including phenoxy) is 2. The van der Waals surface area contributed by atoms with Crippen LogP contribution in [0.2, 0.25) is 0 Å². The fourth-order valence-electron chi connectivity index (χ4n) is 2.90. The first-order chi connectivity index (χ1) is 9.33. The summed E-state index contributed by atoms with van der Waals surface area (Å²) in [4.78, 5) is 2.52. The Morgan fingerprint density at radius 1 is 1.11 bits per heavy atom. The Labute approximate surface area is 123 Å². The maximum absolute atomic E-state index is 5.62. The summed E-state index contributed by atoms with van der Waals surface area (Å²) in [6.45, 7) is 4.83. The Hall–Kier alpha value is -0.420. The Morgan fingerprint density at radius 2 is 1.79 bits per heavy atom. The lowest BCUT2D eigenvalue weighted by molar-refractivity contribution is -0.0978. The van der Waals surface area contributed by atoms with Crippen LogP contribution in [0.1, 0.15) is 18.4 Å². The quantitative estimate of drug-likeness (QED) is 0.852. The van der Waals surface area contributed by atoms with E-state index in [1.807, 2.05) is 0 Å². The highest BCUT2D eigenvalue weighted by atomic mass is 79.9. The third-order valence-corrected chi connectivity index (χ3v) is 4.79. The van der Waals surface area contributed by atoms with Crippen molar-refractivity contribution in [3.63, 3.8) is 0 Å². The summed E-state index contributed by atoms with van der Waals surface area (Å²) >= 11 is 3.62. The molecule has 4 heteroatoms. The standard InChI is InChI=1S/C15H20BrNO2/c16-14-4-2-1-3-13(14)11-17-7-5-12(6-8-17)15-18-9-10-19-15/h1-4,12,15H,5-11H2. The van der Waals surface area contributed by atoms with Crippen molar-refractivity contribution < 1.29 is 9.47 Å². The van der Waals surface area contributed by atoms with Crippen LogP contribution >= 0.6 is 15.9 Å². The Kier molecular flexibility index (Phi) is 4.53. The van der Waals surface area contributed by atoms with Crippen LogP contribution in [-0.2, 0) is 16.0 Å². The maximum atomic E-state index is 5.62. The van der Waals surface area contributed by atoms with Crippen LogP contribution in [0.15, 0.2) is 28.7 Å². The normalized spacial score (nSPS) is 23.0. The zero-order valence-corrected chi connectivity index (χ0v) is 12.6. The van der Waals surface area contributed by atoms with Gasteiger partial charge in [-0.15, -0.1) is 0 Å². The van der Waals surface area contributed by atoms with Gasteiger partial charge in [0, 0.05) is 16.9 Å². The summed E-state index contributed by atoms with van der Waals surface area (Å²) < 4.78 is 12.4. The highest BCUT2D eigenvalue weighted by Crippen LogP contribution is 2.27. The fourth-order valence-corrected chi connectivity index (χ4v) is 3.31. The van der Waals surface area contributed by atoms with Crippen molar-refractivity contribution in [3.8, 4) is 0 Å². The minimum Gasteiger partial charge on any atom is -0.350 e. The van der Waals surface area contributed by atoms with Crippen molar-refractivity contribution in [1.29, 1.82) is 0 Å². The summed E-state index contributed by atoms with van der Waals surface area (Å²) in [6, 6.07) is 8.48. The molecule has 1 aromatic rings. The monoisotopic (exact) mass is 325 g/mol. The number of rotatable bonds is 3. The predicted octanol–water partition coefficient (Wildman–Crippen LogP) is 3.03. The molecule has 19 heavy (non-hydrogen) atoms. The number of hydrogen-bond donors (Lipinski definition) is 0. The van der Waals surface area contributed by atoms with Crippen molar-refractivity contribution in [1.82, 2.24) is 4.90 Å². The lowest BCUT2D eigenvalue weighted by Gasteiger charge is -2.34. The van der Waals surface area contributed by atoms with E-state index in [0.29, 0.717) is 5.92 Å². The first-order valence-electron chi connectivity index (χ1n) is 7.02. The number of likely N-dealkylation sites (tertiary alicyclic amines) is 1. The number of hydrogen-bond acceptors (Lipinski definition) is 3. The van der Waals surface area contributed by atoms with Gasteiger partial charge in [-0.3, -0.25) is 4.90 Å². The van der Waals surface area contributed by atoms with Crippen LogP contribution in [-0.4, -0.2) is 37.5 Å². The van der Waals surface area contributed by atoms with Crippen LogP contribution < -0.4 is 0 Å². The second-order valence-corrected chi connectivity index (χ2v) is 6.17. The van der Waals surface area contributed by atoms with E-state index >= 15 is 0 Å². The van der Waals surface area contributed by atoms with Crippen LogP contribution in [0.5, 0.6) is 0 Å². The molecular formula is C15H20BrNO2. The summed E-state index contributed by atoms with van der Waals surface area (Å²) in [5.41, 5.74) is 1.37. The molecule has 0 unspecified atom stereocenters. The van der Waals surface area contributed by atoms with Crippen LogP contribution in [0.3, 0.4) is 0 Å². The minimum atomic E-state index is 0.0608. The van der Waals surface area contributed by atoms with E-state index in [2.05, 4.69) is 45.1 Å². The van der Waals surface area contributed by atoms with Crippen LogP contribution in [0.4, 0.5) is 0 Å². The van der Waals surface area contributed by atoms with Gasteiger partial charge in [0.15, 0.2) is 6.29 Å². The molecule has 0 spiro atoms. The summed E-state index contributed by atoms with van der Waals surface area (Å²) in [7, 11) is 0. The van der Waals surface area contributed by atoms with Gasteiger partial charge in [0.2, 0.25) is 0 Å². The second kappa shape index (κ2) is 6.35. The molecular weight excluding hydrogens is 306 g/mol. The van der Waals surface area contributed by atoms with Crippen molar-refractivity contribution in [3.05, 3.63) is 34.3 Å². The molecule has 1 aromatic carbocycles. The highest BCUT2D eigenvalue weighted by Gasteiger charge is 2.30. The molecule has 0 radical (unpaired) electrons. The molecule has 0 aromatic heterocycles. The molecule has 0 atom stereocenters. The van der Waals surface area contributed by atoms with E-state index in [0.717, 1.165) is 32.8 Å². The van der Waals surface area contributed by atoms with Gasteiger partial charge in [-0.25, -0.2) is 0 Å². The zero-order chi connectivity index (χ0) is 13.1. The molecule has 0 saturated carbocycles. The molecule has 2 aliphatic heterocycles. The zero-order valence-electron chi connectivity index (χ0n) is 11.1. The Balaban J connectivity index is 1.51. The summed E-state index contributed by atoms with van der Waals surface area (Å²) in [6.07, 6.45) is 2.41. The van der Waals surface area contributed by atoms with E-state index in [1.54, 1.807) is 0 Å². The molecule has 104 valence electrons. The van der Waals surface area contributed by atoms with E-state index in [1.165, 1.54) is 22.9 Å². The van der Waals surface area contributed by atoms with Gasteiger partial charge in [0.1, 0.15) is 0 Å². The molecule has 2 aliphatic rings. The Morgan fingerprint density at radius 3 is 2.47 bits per heavy atom. The van der Waals surface area contributed by atoms with Gasteiger partial charge < -0.3 is 9.47 Å². The largest absolute Gasteiger partial charge is 0.350 e. The second-order valence-electron chi connectivity index (χ2n) is 5.31. The number of piperidine rings is 1. The number of halogens is 1. The SMILES string of the molecule is Brc1ccccc1CN1CCC(C2OCCO2)CC1. The first kappa shape index (κ1) is 13.6. The summed E-state index contributed by atoms with van der Waals surface area (Å²) in [5.74, 6) is 0.581. The van der Waals surface area contributed by atoms with Gasteiger partial charge in [0.25, 0.3) is 0 Å². The fraction of sp³-hybridized carbons (Fsp3) is 0.600. The Bertz CT molecular complexity index is 412. The first-order valence-corrected chi connectivity index (χ1v) is 7.81. The van der Waals surface area contributed by atoms with E-state index < -0.39 is 0 Å². The number of nitrogens with zero attached hydrogens (tertiary/aromatic N) is 1. The summed E-state index contributed by atoms with van der Waals surface area (Å²) in [5, 5.41) is 0. The van der Waals surface area contributed by atoms with Gasteiger partial charge in [-0.05, 0) is 37.6 Å². The molecule has 0 amide bonds. The lowest BCUT2D eigenvalue weighted by atomic mass is 9.96. The molecule has 3 nitrogen and oxygen atoms in total. The predicted molar refractivity (Wildman–Crippen MR) is 77.8 cm³/mol. The highest BCUT2D eigenvalue weighted by molar-refractivity contribution is 9.10. The average Bonchev–Trinajstić information content (AvgIpc) is 2.96. The van der Waals surface area contributed by atoms with Crippen molar-refractivity contribution in [2.75, 3.05) is 26.3 Å². The van der Waals surface area contributed by atoms with Crippen LogP contribution in [0, 0.1) is 5.92 Å². The molecule has 0 bridgehead atoms. The minimum absolute atomic E-state index is 0.0608. The molecule has 2 heterocycles. The molecule has 3 rings (SSSR count). The van der Waals surface area contributed by atoms with Crippen molar-refractivity contribution >= 4 is 15.9 Å². The van der Waals surface area contributed by atoms with E-state index in [-0.39, 0.29) is 6.29 Å². The molecule has 0 N–H and O–H groups in total. The number of benzene rings is 1. The molecule has 2 saturated heterocycles. The van der Waals surface area contributed by atoms with Crippen LogP contribution in [0.25, 0.3) is 0 Å².